The van der Waals surface area contributed by atoms with Crippen LogP contribution in [-0.2, 0) is 29.1 Å². The fourth-order valence-electron chi connectivity index (χ4n) is 5.02. The third-order valence-corrected chi connectivity index (χ3v) is 7.52. The summed E-state index contributed by atoms with van der Waals surface area (Å²) >= 11 is 1.29. The highest BCUT2D eigenvalue weighted by molar-refractivity contribution is 7.98. The molecule has 0 aromatic heterocycles. The highest BCUT2D eigenvalue weighted by Gasteiger charge is 2.30. The van der Waals surface area contributed by atoms with Crippen LogP contribution in [0.1, 0.15) is 34.7 Å². The van der Waals surface area contributed by atoms with Crippen molar-refractivity contribution in [2.45, 2.75) is 36.8 Å². The van der Waals surface area contributed by atoms with E-state index >= 15 is 0 Å². The van der Waals surface area contributed by atoms with Crippen molar-refractivity contribution in [2.24, 2.45) is 0 Å². The molecule has 0 spiro atoms. The number of ether oxygens (including phenoxy) is 3. The van der Waals surface area contributed by atoms with Crippen molar-refractivity contribution in [1.82, 2.24) is 5.32 Å². The lowest BCUT2D eigenvalue weighted by Crippen LogP contribution is -2.30. The van der Waals surface area contributed by atoms with E-state index in [4.69, 9.17) is 14.2 Å². The van der Waals surface area contributed by atoms with Gasteiger partial charge in [-0.05, 0) is 71.7 Å². The highest BCUT2D eigenvalue weighted by atomic mass is 32.2. The fourth-order valence-corrected chi connectivity index (χ4v) is 5.51. The first-order valence-corrected chi connectivity index (χ1v) is 13.8. The zero-order valence-corrected chi connectivity index (χ0v) is 23.8. The van der Waals surface area contributed by atoms with Gasteiger partial charge in [-0.1, -0.05) is 6.07 Å². The standard InChI is InChI=1S/C29H29FN2O8S/c1-37-20-11-18-5-6-22(31-27(34)10-16-7-17(9-19(30)8-16)15-40-32(35)36)21-13-23(33)26(41-4)14-25(39-3)29(21)28(18)24(12-20)38-2/h7-9,11-14,22H,5-6,10,15H2,1-4H3,(H,31,34)/t22-/m0/s1. The normalized spacial score (nSPS) is 13.7. The maximum absolute atomic E-state index is 14.2. The van der Waals surface area contributed by atoms with E-state index in [-0.39, 0.29) is 17.4 Å². The SMILES string of the molecule is COc1cc2c(c(OC)c1)-c1c(OC)cc(SC)c(=O)cc1[C@@H](NC(=O)Cc1cc(F)cc(CO[N+](=O)[O-])c1)CC2. The van der Waals surface area contributed by atoms with Gasteiger partial charge in [0.25, 0.3) is 5.09 Å². The number of aryl methyl sites for hydroxylation is 1. The predicted octanol–water partition coefficient (Wildman–Crippen LogP) is 4.66. The van der Waals surface area contributed by atoms with Gasteiger partial charge in [0.2, 0.25) is 5.91 Å². The molecular formula is C29H29FN2O8S. The quantitative estimate of drug-likeness (QED) is 0.206. The second kappa shape index (κ2) is 12.9. The van der Waals surface area contributed by atoms with Gasteiger partial charge in [0.05, 0.1) is 38.7 Å². The van der Waals surface area contributed by atoms with Gasteiger partial charge in [0.1, 0.15) is 29.7 Å². The van der Waals surface area contributed by atoms with Crippen LogP contribution in [0.15, 0.2) is 52.2 Å². The fraction of sp³-hybridized carbons (Fsp3) is 0.310. The number of thioether (sulfide) groups is 1. The van der Waals surface area contributed by atoms with E-state index in [0.717, 1.165) is 17.2 Å². The van der Waals surface area contributed by atoms with Gasteiger partial charge in [0.15, 0.2) is 5.43 Å². The van der Waals surface area contributed by atoms with Crippen LogP contribution in [0.4, 0.5) is 4.39 Å². The summed E-state index contributed by atoms with van der Waals surface area (Å²) in [4.78, 5) is 41.9. The second-order valence-electron chi connectivity index (χ2n) is 9.28. The Bertz CT molecular complexity index is 1550. The molecule has 0 heterocycles. The van der Waals surface area contributed by atoms with Crippen LogP contribution in [0.2, 0.25) is 0 Å². The van der Waals surface area contributed by atoms with E-state index in [2.05, 4.69) is 10.2 Å². The van der Waals surface area contributed by atoms with Gasteiger partial charge in [-0.15, -0.1) is 21.9 Å². The molecule has 1 amide bonds. The van der Waals surface area contributed by atoms with Gasteiger partial charge in [-0.2, -0.15) is 0 Å². The zero-order valence-electron chi connectivity index (χ0n) is 22.9. The Kier molecular flexibility index (Phi) is 9.33. The first-order valence-electron chi connectivity index (χ1n) is 12.6. The van der Waals surface area contributed by atoms with Crippen LogP contribution in [0.3, 0.4) is 0 Å². The van der Waals surface area contributed by atoms with Crippen LogP contribution >= 0.6 is 11.8 Å². The highest BCUT2D eigenvalue weighted by Crippen LogP contribution is 2.47. The molecule has 0 saturated carbocycles. The Labute approximate surface area is 239 Å². The van der Waals surface area contributed by atoms with Crippen molar-refractivity contribution in [3.05, 3.63) is 90.9 Å². The molecule has 1 N–H and O–H groups in total. The molecule has 12 heteroatoms. The number of fused-ring (bicyclic) bond motifs is 3. The lowest BCUT2D eigenvalue weighted by Gasteiger charge is -2.20. The number of rotatable bonds is 10. The molecule has 3 aromatic carbocycles. The molecule has 0 saturated heterocycles. The molecule has 0 fully saturated rings. The van der Waals surface area contributed by atoms with Crippen molar-refractivity contribution in [2.75, 3.05) is 27.6 Å². The number of halogens is 1. The van der Waals surface area contributed by atoms with Crippen molar-refractivity contribution in [3.8, 4) is 28.4 Å². The van der Waals surface area contributed by atoms with Crippen LogP contribution in [0, 0.1) is 15.9 Å². The third kappa shape index (κ3) is 6.71. The maximum Gasteiger partial charge on any atom is 0.294 e. The Morgan fingerprint density at radius 3 is 2.39 bits per heavy atom. The Balaban J connectivity index is 1.78. The molecule has 0 radical (unpaired) electrons. The molecule has 216 valence electrons. The van der Waals surface area contributed by atoms with E-state index in [1.54, 1.807) is 32.6 Å². The molecule has 1 atom stereocenters. The number of nitrogens with one attached hydrogen (secondary N) is 1. The largest absolute Gasteiger partial charge is 0.497 e. The minimum absolute atomic E-state index is 0.199. The average Bonchev–Trinajstić information content (AvgIpc) is 3.17. The molecule has 3 aromatic rings. The van der Waals surface area contributed by atoms with Gasteiger partial charge in [0, 0.05) is 17.2 Å². The molecule has 1 aliphatic carbocycles. The summed E-state index contributed by atoms with van der Waals surface area (Å²) < 4.78 is 31.2. The van der Waals surface area contributed by atoms with Crippen molar-refractivity contribution < 1.29 is 33.3 Å². The first-order chi connectivity index (χ1) is 19.7. The molecule has 0 aliphatic heterocycles. The van der Waals surface area contributed by atoms with Gasteiger partial charge < -0.3 is 24.4 Å². The molecule has 0 unspecified atom stereocenters. The lowest BCUT2D eigenvalue weighted by atomic mass is 9.95. The summed E-state index contributed by atoms with van der Waals surface area (Å²) in [5, 5.41) is 12.6. The summed E-state index contributed by atoms with van der Waals surface area (Å²) in [5.74, 6) is 0.496. The maximum atomic E-state index is 14.2. The summed E-state index contributed by atoms with van der Waals surface area (Å²) in [6.45, 7) is -0.445. The van der Waals surface area contributed by atoms with Crippen LogP contribution in [0.25, 0.3) is 11.1 Å². The average molecular weight is 585 g/mol. The van der Waals surface area contributed by atoms with E-state index in [1.807, 2.05) is 6.07 Å². The van der Waals surface area contributed by atoms with Crippen LogP contribution in [0.5, 0.6) is 17.2 Å². The van der Waals surface area contributed by atoms with Crippen LogP contribution < -0.4 is 25.0 Å². The molecule has 4 rings (SSSR count). The molecule has 10 nitrogen and oxygen atoms in total. The monoisotopic (exact) mass is 584 g/mol. The number of methoxy groups -OCH3 is 3. The lowest BCUT2D eigenvalue weighted by molar-refractivity contribution is -0.763. The zero-order chi connectivity index (χ0) is 29.7. The van der Waals surface area contributed by atoms with Crippen molar-refractivity contribution in [3.63, 3.8) is 0 Å². The third-order valence-electron chi connectivity index (χ3n) is 6.76. The molecule has 0 bridgehead atoms. The summed E-state index contributed by atoms with van der Waals surface area (Å²) in [5.41, 5.74) is 3.11. The topological polar surface area (TPSA) is 126 Å². The minimum Gasteiger partial charge on any atom is -0.497 e. The summed E-state index contributed by atoms with van der Waals surface area (Å²) in [6.07, 6.45) is 2.55. The van der Waals surface area contributed by atoms with E-state index in [1.165, 1.54) is 37.1 Å². The first kappa shape index (κ1) is 29.7. The smallest absolute Gasteiger partial charge is 0.294 e. The number of amides is 1. The number of hydrogen-bond acceptors (Lipinski definition) is 9. The summed E-state index contributed by atoms with van der Waals surface area (Å²) in [6, 6.07) is 10.0. The van der Waals surface area contributed by atoms with E-state index < -0.39 is 29.5 Å². The van der Waals surface area contributed by atoms with Gasteiger partial charge >= 0.3 is 0 Å². The number of carbonyl (C=O) groups excluding carboxylic acids is 1. The molecule has 1 aliphatic rings. The second-order valence-corrected chi connectivity index (χ2v) is 10.1. The van der Waals surface area contributed by atoms with Crippen molar-refractivity contribution >= 4 is 17.7 Å². The summed E-state index contributed by atoms with van der Waals surface area (Å²) in [7, 11) is 4.62. The Morgan fingerprint density at radius 1 is 1.02 bits per heavy atom. The Morgan fingerprint density at radius 2 is 1.73 bits per heavy atom. The van der Waals surface area contributed by atoms with E-state index in [9.17, 15) is 24.1 Å². The van der Waals surface area contributed by atoms with Gasteiger partial charge in [-0.3, -0.25) is 9.59 Å². The number of hydrogen-bond donors (Lipinski definition) is 1. The molecular weight excluding hydrogens is 555 g/mol. The number of carbonyl (C=O) groups is 1. The Hall–Kier alpha value is -4.32. The predicted molar refractivity (Wildman–Crippen MR) is 151 cm³/mol. The number of nitrogens with zero attached hydrogens (tertiary/aromatic N) is 1. The number of benzene rings is 2. The molecule has 41 heavy (non-hydrogen) atoms. The van der Waals surface area contributed by atoms with Crippen LogP contribution in [-0.4, -0.2) is 38.6 Å². The van der Waals surface area contributed by atoms with Gasteiger partial charge in [-0.25, -0.2) is 4.39 Å². The van der Waals surface area contributed by atoms with Crippen molar-refractivity contribution in [1.29, 1.82) is 0 Å². The minimum atomic E-state index is -0.968. The van der Waals surface area contributed by atoms with E-state index in [0.29, 0.717) is 51.7 Å².